The third kappa shape index (κ3) is 2.86. The molecule has 0 saturated heterocycles. The predicted molar refractivity (Wildman–Crippen MR) is 61.3 cm³/mol. The number of ether oxygens (including phenoxy) is 1. The SMILES string of the molecule is COC(=O)C(C)Nc1cccc(Cl)c1C. The Morgan fingerprint density at radius 2 is 2.20 bits per heavy atom. The molecule has 0 heterocycles. The predicted octanol–water partition coefficient (Wildman–Crippen LogP) is 2.62. The summed E-state index contributed by atoms with van der Waals surface area (Å²) in [6, 6.07) is 5.14. The molecule has 1 aromatic rings. The van der Waals surface area contributed by atoms with Crippen LogP contribution in [0.2, 0.25) is 5.02 Å². The minimum absolute atomic E-state index is 0.297. The first-order valence-electron chi connectivity index (χ1n) is 4.65. The van der Waals surface area contributed by atoms with Gasteiger partial charge in [0.05, 0.1) is 7.11 Å². The minimum Gasteiger partial charge on any atom is -0.467 e. The van der Waals surface area contributed by atoms with Crippen molar-refractivity contribution in [2.45, 2.75) is 19.9 Å². The van der Waals surface area contributed by atoms with Gasteiger partial charge >= 0.3 is 5.97 Å². The fourth-order valence-electron chi connectivity index (χ4n) is 1.23. The Morgan fingerprint density at radius 3 is 2.80 bits per heavy atom. The average molecular weight is 228 g/mol. The van der Waals surface area contributed by atoms with Gasteiger partial charge in [-0.15, -0.1) is 0 Å². The molecule has 1 atom stereocenters. The van der Waals surface area contributed by atoms with E-state index in [2.05, 4.69) is 10.1 Å². The van der Waals surface area contributed by atoms with Crippen LogP contribution >= 0.6 is 11.6 Å². The fraction of sp³-hybridized carbons (Fsp3) is 0.364. The second-order valence-electron chi connectivity index (χ2n) is 3.30. The summed E-state index contributed by atoms with van der Waals surface area (Å²) in [7, 11) is 1.37. The Hall–Kier alpha value is -1.22. The maximum atomic E-state index is 11.2. The van der Waals surface area contributed by atoms with Crippen molar-refractivity contribution in [2.24, 2.45) is 0 Å². The molecular weight excluding hydrogens is 214 g/mol. The van der Waals surface area contributed by atoms with Gasteiger partial charge in [-0.05, 0) is 31.5 Å². The summed E-state index contributed by atoms with van der Waals surface area (Å²) in [4.78, 5) is 11.2. The van der Waals surface area contributed by atoms with E-state index in [0.29, 0.717) is 5.02 Å². The molecule has 1 N–H and O–H groups in total. The molecule has 82 valence electrons. The van der Waals surface area contributed by atoms with E-state index in [4.69, 9.17) is 11.6 Å². The molecule has 0 saturated carbocycles. The second kappa shape index (κ2) is 5.03. The first-order chi connectivity index (χ1) is 7.06. The highest BCUT2D eigenvalue weighted by Crippen LogP contribution is 2.23. The molecule has 0 amide bonds. The second-order valence-corrected chi connectivity index (χ2v) is 3.71. The van der Waals surface area contributed by atoms with Crippen LogP contribution in [-0.2, 0) is 9.53 Å². The number of halogens is 1. The van der Waals surface area contributed by atoms with Gasteiger partial charge in [0.2, 0.25) is 0 Å². The van der Waals surface area contributed by atoms with Crippen molar-refractivity contribution in [3.05, 3.63) is 28.8 Å². The van der Waals surface area contributed by atoms with Crippen LogP contribution in [-0.4, -0.2) is 19.1 Å². The molecule has 4 heteroatoms. The largest absolute Gasteiger partial charge is 0.467 e. The minimum atomic E-state index is -0.382. The number of benzene rings is 1. The maximum absolute atomic E-state index is 11.2. The molecule has 0 fully saturated rings. The Morgan fingerprint density at radius 1 is 1.53 bits per heavy atom. The van der Waals surface area contributed by atoms with E-state index >= 15 is 0 Å². The Labute approximate surface area is 94.4 Å². The molecule has 1 unspecified atom stereocenters. The summed E-state index contributed by atoms with van der Waals surface area (Å²) in [5.41, 5.74) is 1.77. The monoisotopic (exact) mass is 227 g/mol. The molecule has 0 spiro atoms. The summed E-state index contributed by atoms with van der Waals surface area (Å²) in [6.07, 6.45) is 0. The van der Waals surface area contributed by atoms with E-state index in [0.717, 1.165) is 11.3 Å². The number of carbonyl (C=O) groups excluding carboxylic acids is 1. The lowest BCUT2D eigenvalue weighted by Crippen LogP contribution is -2.27. The van der Waals surface area contributed by atoms with Gasteiger partial charge in [-0.1, -0.05) is 17.7 Å². The number of anilines is 1. The number of hydrogen-bond acceptors (Lipinski definition) is 3. The summed E-state index contributed by atoms with van der Waals surface area (Å²) in [6.45, 7) is 3.64. The third-order valence-electron chi connectivity index (χ3n) is 2.19. The highest BCUT2D eigenvalue weighted by molar-refractivity contribution is 6.31. The number of nitrogens with one attached hydrogen (secondary N) is 1. The molecule has 0 aromatic heterocycles. The molecule has 3 nitrogen and oxygen atoms in total. The van der Waals surface area contributed by atoms with Crippen molar-refractivity contribution in [3.63, 3.8) is 0 Å². The summed E-state index contributed by atoms with van der Waals surface area (Å²) < 4.78 is 4.62. The summed E-state index contributed by atoms with van der Waals surface area (Å²) in [5, 5.41) is 3.72. The fourth-order valence-corrected chi connectivity index (χ4v) is 1.41. The van der Waals surface area contributed by atoms with E-state index < -0.39 is 0 Å². The lowest BCUT2D eigenvalue weighted by Gasteiger charge is -2.15. The quantitative estimate of drug-likeness (QED) is 0.807. The molecule has 15 heavy (non-hydrogen) atoms. The average Bonchev–Trinajstić information content (AvgIpc) is 2.23. The zero-order valence-corrected chi connectivity index (χ0v) is 9.76. The Balaban J connectivity index is 2.81. The molecule has 0 aliphatic heterocycles. The molecular formula is C11H14ClNO2. The van der Waals surface area contributed by atoms with Crippen LogP contribution in [0, 0.1) is 6.92 Å². The molecule has 0 aliphatic carbocycles. The van der Waals surface area contributed by atoms with Gasteiger partial charge in [-0.25, -0.2) is 4.79 Å². The van der Waals surface area contributed by atoms with Gasteiger partial charge in [0, 0.05) is 10.7 Å². The molecule has 0 radical (unpaired) electrons. The summed E-state index contributed by atoms with van der Waals surface area (Å²) >= 11 is 5.95. The Bertz CT molecular complexity index is 366. The standard InChI is InChI=1S/C11H14ClNO2/c1-7-9(12)5-4-6-10(7)13-8(2)11(14)15-3/h4-6,8,13H,1-3H3. The summed E-state index contributed by atoms with van der Waals surface area (Å²) in [5.74, 6) is -0.297. The molecule has 1 rings (SSSR count). The van der Waals surface area contributed by atoms with Crippen molar-refractivity contribution in [1.82, 2.24) is 0 Å². The Kier molecular flexibility index (Phi) is 3.97. The first kappa shape index (κ1) is 11.9. The number of rotatable bonds is 3. The smallest absolute Gasteiger partial charge is 0.327 e. The van der Waals surface area contributed by atoms with Crippen LogP contribution in [0.4, 0.5) is 5.69 Å². The van der Waals surface area contributed by atoms with E-state index in [1.807, 2.05) is 25.1 Å². The molecule has 1 aromatic carbocycles. The molecule has 0 aliphatic rings. The van der Waals surface area contributed by atoms with E-state index in [-0.39, 0.29) is 12.0 Å². The highest BCUT2D eigenvalue weighted by atomic mass is 35.5. The van der Waals surface area contributed by atoms with Crippen molar-refractivity contribution < 1.29 is 9.53 Å². The zero-order chi connectivity index (χ0) is 11.4. The van der Waals surface area contributed by atoms with Gasteiger partial charge in [0.1, 0.15) is 6.04 Å². The normalized spacial score (nSPS) is 12.0. The van der Waals surface area contributed by atoms with Gasteiger partial charge in [-0.3, -0.25) is 0 Å². The van der Waals surface area contributed by atoms with Gasteiger partial charge < -0.3 is 10.1 Å². The lowest BCUT2D eigenvalue weighted by atomic mass is 10.2. The van der Waals surface area contributed by atoms with Crippen LogP contribution in [0.3, 0.4) is 0 Å². The van der Waals surface area contributed by atoms with E-state index in [1.54, 1.807) is 6.92 Å². The maximum Gasteiger partial charge on any atom is 0.327 e. The first-order valence-corrected chi connectivity index (χ1v) is 5.03. The van der Waals surface area contributed by atoms with Crippen LogP contribution in [0.5, 0.6) is 0 Å². The number of hydrogen-bond donors (Lipinski definition) is 1. The van der Waals surface area contributed by atoms with Gasteiger partial charge in [0.25, 0.3) is 0 Å². The third-order valence-corrected chi connectivity index (χ3v) is 2.60. The number of carbonyl (C=O) groups is 1. The van der Waals surface area contributed by atoms with Crippen LogP contribution < -0.4 is 5.32 Å². The topological polar surface area (TPSA) is 38.3 Å². The molecule has 0 bridgehead atoms. The van der Waals surface area contributed by atoms with Crippen molar-refractivity contribution in [3.8, 4) is 0 Å². The van der Waals surface area contributed by atoms with Gasteiger partial charge in [0.15, 0.2) is 0 Å². The van der Waals surface area contributed by atoms with E-state index in [9.17, 15) is 4.79 Å². The number of esters is 1. The van der Waals surface area contributed by atoms with Crippen LogP contribution in [0.25, 0.3) is 0 Å². The highest BCUT2D eigenvalue weighted by Gasteiger charge is 2.13. The van der Waals surface area contributed by atoms with Crippen molar-refractivity contribution >= 4 is 23.3 Å². The van der Waals surface area contributed by atoms with Crippen LogP contribution in [0.1, 0.15) is 12.5 Å². The van der Waals surface area contributed by atoms with Crippen molar-refractivity contribution in [1.29, 1.82) is 0 Å². The van der Waals surface area contributed by atoms with E-state index in [1.165, 1.54) is 7.11 Å². The van der Waals surface area contributed by atoms with Crippen LogP contribution in [0.15, 0.2) is 18.2 Å². The zero-order valence-electron chi connectivity index (χ0n) is 9.00. The number of methoxy groups -OCH3 is 1. The van der Waals surface area contributed by atoms with Crippen molar-refractivity contribution in [2.75, 3.05) is 12.4 Å². The lowest BCUT2D eigenvalue weighted by molar-refractivity contribution is -0.141. The van der Waals surface area contributed by atoms with Gasteiger partial charge in [-0.2, -0.15) is 0 Å².